The zero-order valence-electron chi connectivity index (χ0n) is 20.4. The van der Waals surface area contributed by atoms with E-state index < -0.39 is 47.1 Å². The third-order valence-electron chi connectivity index (χ3n) is 7.28. The van der Waals surface area contributed by atoms with E-state index in [0.717, 1.165) is 6.42 Å². The van der Waals surface area contributed by atoms with Crippen LogP contribution in [0.4, 0.5) is 0 Å². The fraction of sp³-hybridized carbons (Fsp3) is 0.720. The van der Waals surface area contributed by atoms with Crippen molar-refractivity contribution in [1.29, 1.82) is 0 Å². The van der Waals surface area contributed by atoms with Crippen molar-refractivity contribution in [2.24, 2.45) is 17.3 Å². The molecule has 2 fully saturated rings. The Balaban J connectivity index is 1.83. The number of carbonyl (C=O) groups is 3. The Kier molecular flexibility index (Phi) is 5.77. The minimum atomic E-state index is -1.29. The molecular weight excluding hydrogens is 424 g/mol. The van der Waals surface area contributed by atoms with Gasteiger partial charge in [-0.2, -0.15) is 0 Å². The van der Waals surface area contributed by atoms with E-state index in [9.17, 15) is 19.5 Å². The number of rotatable bonds is 4. The van der Waals surface area contributed by atoms with Gasteiger partial charge >= 0.3 is 5.97 Å². The lowest BCUT2D eigenvalue weighted by molar-refractivity contribution is -0.156. The van der Waals surface area contributed by atoms with Crippen LogP contribution >= 0.6 is 0 Å². The van der Waals surface area contributed by atoms with E-state index in [4.69, 9.17) is 9.47 Å². The van der Waals surface area contributed by atoms with Crippen LogP contribution in [0.25, 0.3) is 0 Å². The number of aliphatic hydroxyl groups excluding tert-OH is 1. The molecule has 0 aromatic rings. The molecule has 0 bridgehead atoms. The van der Waals surface area contributed by atoms with Crippen LogP contribution in [0.3, 0.4) is 0 Å². The number of nitrogens with zero attached hydrogens (tertiary/aromatic N) is 2. The summed E-state index contributed by atoms with van der Waals surface area (Å²) in [7, 11) is 0. The molecule has 1 spiro atoms. The molecule has 0 radical (unpaired) electrons. The van der Waals surface area contributed by atoms with Crippen molar-refractivity contribution in [3.05, 3.63) is 24.3 Å². The minimum absolute atomic E-state index is 0.0187. The standard InChI is InChI=1S/C25H36N2O6/c1-15(13-28)27-19-21(30)26(24(5,6)14-23(2,3)4)11-8-10-25(19)18(20(27)29)17-16(33-25)9-7-12-32-22(17)31/h7-10,15-19,28H,11-14H2,1-6H3/t15-,16-,17+,18+,19?,25+/m1/s1. The molecule has 4 heterocycles. The highest BCUT2D eigenvalue weighted by Crippen LogP contribution is 2.54. The van der Waals surface area contributed by atoms with Crippen LogP contribution in [0.1, 0.15) is 48.0 Å². The number of aliphatic hydroxyl groups is 1. The quantitative estimate of drug-likeness (QED) is 0.507. The Bertz CT molecular complexity index is 903. The van der Waals surface area contributed by atoms with E-state index in [2.05, 4.69) is 20.8 Å². The summed E-state index contributed by atoms with van der Waals surface area (Å²) in [6.07, 6.45) is 7.29. The molecule has 4 aliphatic rings. The Morgan fingerprint density at radius 3 is 2.48 bits per heavy atom. The summed E-state index contributed by atoms with van der Waals surface area (Å²) < 4.78 is 11.8. The van der Waals surface area contributed by atoms with Crippen LogP contribution in [-0.2, 0) is 23.9 Å². The lowest BCUT2D eigenvalue weighted by atomic mass is 9.77. The average molecular weight is 461 g/mol. The summed E-state index contributed by atoms with van der Waals surface area (Å²) >= 11 is 0. The summed E-state index contributed by atoms with van der Waals surface area (Å²) in [5.41, 5.74) is -1.79. The minimum Gasteiger partial charge on any atom is -0.461 e. The largest absolute Gasteiger partial charge is 0.461 e. The normalized spacial score (nSPS) is 35.1. The van der Waals surface area contributed by atoms with Gasteiger partial charge in [-0.3, -0.25) is 14.4 Å². The zero-order valence-corrected chi connectivity index (χ0v) is 20.4. The van der Waals surface area contributed by atoms with Gasteiger partial charge in [0, 0.05) is 12.1 Å². The average Bonchev–Trinajstić information content (AvgIpc) is 3.00. The molecule has 8 heteroatoms. The second-order valence-electron chi connectivity index (χ2n) is 11.6. The monoisotopic (exact) mass is 460 g/mol. The predicted octanol–water partition coefficient (Wildman–Crippen LogP) is 1.67. The maximum atomic E-state index is 14.2. The maximum Gasteiger partial charge on any atom is 0.313 e. The molecule has 0 aromatic carbocycles. The maximum absolute atomic E-state index is 14.2. The van der Waals surface area contributed by atoms with Crippen LogP contribution in [0.15, 0.2) is 24.3 Å². The van der Waals surface area contributed by atoms with E-state index in [1.165, 1.54) is 4.90 Å². The Morgan fingerprint density at radius 2 is 1.85 bits per heavy atom. The number of ether oxygens (including phenoxy) is 2. The second-order valence-corrected chi connectivity index (χ2v) is 11.6. The third kappa shape index (κ3) is 3.71. The number of hydrogen-bond acceptors (Lipinski definition) is 6. The molecule has 0 aliphatic carbocycles. The number of amides is 2. The lowest BCUT2D eigenvalue weighted by Gasteiger charge is -2.45. The van der Waals surface area contributed by atoms with Gasteiger partial charge in [-0.1, -0.05) is 39.0 Å². The van der Waals surface area contributed by atoms with E-state index >= 15 is 0 Å². The smallest absolute Gasteiger partial charge is 0.313 e. The molecule has 2 amide bonds. The van der Waals surface area contributed by atoms with Gasteiger partial charge in [0.25, 0.3) is 0 Å². The summed E-state index contributed by atoms with van der Waals surface area (Å²) in [5, 5.41) is 9.95. The highest BCUT2D eigenvalue weighted by Gasteiger charge is 2.72. The molecule has 182 valence electrons. The molecule has 0 saturated carbocycles. The molecule has 4 rings (SSSR count). The van der Waals surface area contributed by atoms with Crippen molar-refractivity contribution in [2.75, 3.05) is 19.8 Å². The molecule has 1 unspecified atom stereocenters. The van der Waals surface area contributed by atoms with Crippen molar-refractivity contribution in [2.45, 2.75) is 77.3 Å². The first-order valence-electron chi connectivity index (χ1n) is 11.8. The summed E-state index contributed by atoms with van der Waals surface area (Å²) in [5.74, 6) is -2.79. The topological polar surface area (TPSA) is 96.4 Å². The van der Waals surface area contributed by atoms with Crippen LogP contribution in [0.2, 0.25) is 0 Å². The van der Waals surface area contributed by atoms with Gasteiger partial charge < -0.3 is 24.4 Å². The lowest BCUT2D eigenvalue weighted by Crippen LogP contribution is -2.61. The first kappa shape index (κ1) is 24.0. The number of cyclic esters (lactones) is 1. The second kappa shape index (κ2) is 7.94. The predicted molar refractivity (Wildman–Crippen MR) is 121 cm³/mol. The van der Waals surface area contributed by atoms with Crippen molar-refractivity contribution < 1.29 is 29.0 Å². The zero-order chi connectivity index (χ0) is 24.3. The number of esters is 1. The Hall–Kier alpha value is -2.19. The molecule has 0 aromatic heterocycles. The number of carbonyl (C=O) groups excluding carboxylic acids is 3. The summed E-state index contributed by atoms with van der Waals surface area (Å²) in [6.45, 7) is 12.4. The number of likely N-dealkylation sites (tertiary alicyclic amines) is 1. The van der Waals surface area contributed by atoms with Gasteiger partial charge in [0.05, 0.1) is 24.7 Å². The molecule has 4 aliphatic heterocycles. The van der Waals surface area contributed by atoms with Gasteiger partial charge in [0.1, 0.15) is 24.2 Å². The van der Waals surface area contributed by atoms with E-state index in [-0.39, 0.29) is 30.4 Å². The van der Waals surface area contributed by atoms with Gasteiger partial charge in [-0.05, 0) is 38.7 Å². The molecule has 1 N–H and O–H groups in total. The van der Waals surface area contributed by atoms with Crippen molar-refractivity contribution >= 4 is 17.8 Å². The fourth-order valence-electron chi connectivity index (χ4n) is 6.41. The first-order valence-corrected chi connectivity index (χ1v) is 11.8. The van der Waals surface area contributed by atoms with Crippen molar-refractivity contribution in [1.82, 2.24) is 9.80 Å². The molecular formula is C25H36N2O6. The SMILES string of the molecule is C[C@H](CO)N1C(=O)[C@@H]2[C@H]3C(=O)OCC=C[C@H]3O[C@@]23C=CCN(C(C)(C)CC(C)(C)C)C(=O)C13. The van der Waals surface area contributed by atoms with Gasteiger partial charge in [0.2, 0.25) is 11.8 Å². The fourth-order valence-corrected chi connectivity index (χ4v) is 6.41. The van der Waals surface area contributed by atoms with Crippen LogP contribution < -0.4 is 0 Å². The first-order chi connectivity index (χ1) is 15.3. The molecule has 2 saturated heterocycles. The third-order valence-corrected chi connectivity index (χ3v) is 7.28. The number of fused-ring (bicyclic) bond motifs is 2. The van der Waals surface area contributed by atoms with Gasteiger partial charge in [0.15, 0.2) is 0 Å². The van der Waals surface area contributed by atoms with Crippen molar-refractivity contribution in [3.63, 3.8) is 0 Å². The van der Waals surface area contributed by atoms with Crippen LogP contribution in [-0.4, -0.2) is 81.8 Å². The Labute approximate surface area is 195 Å². The van der Waals surface area contributed by atoms with Gasteiger partial charge in [-0.15, -0.1) is 0 Å². The summed E-state index contributed by atoms with van der Waals surface area (Å²) in [4.78, 5) is 44.2. The highest BCUT2D eigenvalue weighted by molar-refractivity contribution is 5.99. The van der Waals surface area contributed by atoms with Crippen molar-refractivity contribution in [3.8, 4) is 0 Å². The van der Waals surface area contributed by atoms with Crippen LogP contribution in [0.5, 0.6) is 0 Å². The summed E-state index contributed by atoms with van der Waals surface area (Å²) in [6, 6.07) is -1.57. The van der Waals surface area contributed by atoms with Gasteiger partial charge in [-0.25, -0.2) is 0 Å². The molecule has 33 heavy (non-hydrogen) atoms. The molecule has 6 atom stereocenters. The highest BCUT2D eigenvalue weighted by atomic mass is 16.6. The Morgan fingerprint density at radius 1 is 1.15 bits per heavy atom. The van der Waals surface area contributed by atoms with E-state index in [1.54, 1.807) is 19.1 Å². The van der Waals surface area contributed by atoms with E-state index in [0.29, 0.717) is 6.54 Å². The van der Waals surface area contributed by atoms with Crippen LogP contribution in [0, 0.1) is 17.3 Å². The molecule has 8 nitrogen and oxygen atoms in total. The number of hydrogen-bond donors (Lipinski definition) is 1. The van der Waals surface area contributed by atoms with E-state index in [1.807, 2.05) is 30.9 Å².